The second kappa shape index (κ2) is 10.1. The van der Waals surface area contributed by atoms with Gasteiger partial charge in [0.15, 0.2) is 0 Å². The molecule has 0 unspecified atom stereocenters. The molecule has 0 radical (unpaired) electrons. The van der Waals surface area contributed by atoms with Gasteiger partial charge in [0.05, 0.1) is 6.21 Å². The molecule has 0 fully saturated rings. The van der Waals surface area contributed by atoms with E-state index in [4.69, 9.17) is 23.2 Å². The van der Waals surface area contributed by atoms with Crippen molar-refractivity contribution >= 4 is 57.8 Å². The van der Waals surface area contributed by atoms with Crippen LogP contribution in [0.3, 0.4) is 0 Å². The van der Waals surface area contributed by atoms with Gasteiger partial charge >= 0.3 is 0 Å². The number of hydrogen-bond donors (Lipinski definition) is 2. The number of fused-ring (bicyclic) bond motifs is 1. The largest absolute Gasteiger partial charge is 0.340 e. The molecule has 1 aromatic heterocycles. The van der Waals surface area contributed by atoms with Gasteiger partial charge in [0.2, 0.25) is 5.91 Å². The minimum atomic E-state index is -0.377. The number of para-hydroxylation sites is 1. The highest BCUT2D eigenvalue weighted by Crippen LogP contribution is 2.28. The summed E-state index contributed by atoms with van der Waals surface area (Å²) in [7, 11) is 0. The zero-order valence-corrected chi connectivity index (χ0v) is 20.1. The third-order valence-corrected chi connectivity index (χ3v) is 6.02. The molecule has 34 heavy (non-hydrogen) atoms. The molecule has 2 amide bonds. The predicted octanol–water partition coefficient (Wildman–Crippen LogP) is 6.03. The smallest absolute Gasteiger partial charge is 0.271 e. The highest BCUT2D eigenvalue weighted by Gasteiger charge is 2.14. The summed E-state index contributed by atoms with van der Waals surface area (Å²) in [6.07, 6.45) is 1.65. The Morgan fingerprint density at radius 1 is 1.03 bits per heavy atom. The number of benzene rings is 3. The average molecular weight is 493 g/mol. The second-order valence-electron chi connectivity index (χ2n) is 7.80. The van der Waals surface area contributed by atoms with Crippen LogP contribution in [0.1, 0.15) is 34.1 Å². The number of anilines is 1. The molecule has 0 atom stereocenters. The maximum atomic E-state index is 12.6. The third kappa shape index (κ3) is 5.14. The Hall–Kier alpha value is -3.61. The van der Waals surface area contributed by atoms with E-state index in [-0.39, 0.29) is 11.8 Å². The molecule has 0 aliphatic carbocycles. The van der Waals surface area contributed by atoms with Crippen molar-refractivity contribution in [2.24, 2.45) is 5.10 Å². The molecule has 2 N–H and O–H groups in total. The van der Waals surface area contributed by atoms with Crippen molar-refractivity contribution < 1.29 is 9.59 Å². The van der Waals surface area contributed by atoms with E-state index >= 15 is 0 Å². The molecule has 3 aromatic carbocycles. The summed E-state index contributed by atoms with van der Waals surface area (Å²) < 4.78 is 2.16. The van der Waals surface area contributed by atoms with Gasteiger partial charge in [-0.05, 0) is 48.9 Å². The van der Waals surface area contributed by atoms with Crippen molar-refractivity contribution in [1.82, 2.24) is 9.99 Å². The number of nitrogens with zero attached hydrogens (tertiary/aromatic N) is 2. The first-order valence-electron chi connectivity index (χ1n) is 10.6. The summed E-state index contributed by atoms with van der Waals surface area (Å²) in [6, 6.07) is 20.1. The van der Waals surface area contributed by atoms with Crippen molar-refractivity contribution in [2.75, 3.05) is 5.32 Å². The van der Waals surface area contributed by atoms with Gasteiger partial charge < -0.3 is 9.88 Å². The zero-order valence-electron chi connectivity index (χ0n) is 18.6. The average Bonchev–Trinajstić information content (AvgIpc) is 3.06. The molecule has 0 aliphatic heterocycles. The van der Waals surface area contributed by atoms with Crippen LogP contribution in [-0.4, -0.2) is 22.6 Å². The number of hydrazone groups is 1. The lowest BCUT2D eigenvalue weighted by molar-refractivity contribution is -0.114. The Balaban J connectivity index is 1.59. The van der Waals surface area contributed by atoms with Crippen LogP contribution in [0.25, 0.3) is 10.9 Å². The first-order chi connectivity index (χ1) is 16.3. The SMILES string of the molecule is CC(=O)Nc1cccc(C(=O)N/N=C\c2c(C)n(Cc3ccc(Cl)cc3Cl)c3ccccc23)c1. The van der Waals surface area contributed by atoms with Gasteiger partial charge in [0, 0.05) is 56.9 Å². The van der Waals surface area contributed by atoms with Gasteiger partial charge in [-0.15, -0.1) is 0 Å². The Morgan fingerprint density at radius 3 is 2.59 bits per heavy atom. The van der Waals surface area contributed by atoms with Crippen LogP contribution in [0, 0.1) is 6.92 Å². The molecule has 4 rings (SSSR count). The predicted molar refractivity (Wildman–Crippen MR) is 138 cm³/mol. The van der Waals surface area contributed by atoms with Crippen molar-refractivity contribution in [1.29, 1.82) is 0 Å². The minimum absolute atomic E-state index is 0.206. The van der Waals surface area contributed by atoms with Crippen LogP contribution in [0.15, 0.2) is 71.8 Å². The molecule has 0 spiro atoms. The fraction of sp³-hybridized carbons (Fsp3) is 0.115. The third-order valence-electron chi connectivity index (χ3n) is 5.43. The quantitative estimate of drug-likeness (QED) is 0.254. The van der Waals surface area contributed by atoms with Crippen LogP contribution in [0.2, 0.25) is 10.0 Å². The summed E-state index contributed by atoms with van der Waals surface area (Å²) in [6.45, 7) is 3.99. The fourth-order valence-electron chi connectivity index (χ4n) is 3.81. The van der Waals surface area contributed by atoms with E-state index in [0.717, 1.165) is 27.7 Å². The van der Waals surface area contributed by atoms with Crippen molar-refractivity contribution in [2.45, 2.75) is 20.4 Å². The Labute approximate surface area is 207 Å². The normalized spacial score (nSPS) is 11.2. The lowest BCUT2D eigenvalue weighted by Crippen LogP contribution is -2.18. The molecule has 172 valence electrons. The summed E-state index contributed by atoms with van der Waals surface area (Å²) in [5.41, 5.74) is 7.36. The molecule has 0 saturated heterocycles. The highest BCUT2D eigenvalue weighted by molar-refractivity contribution is 6.35. The molecule has 4 aromatic rings. The summed E-state index contributed by atoms with van der Waals surface area (Å²) in [5.74, 6) is -0.583. The van der Waals surface area contributed by atoms with E-state index < -0.39 is 0 Å². The second-order valence-corrected chi connectivity index (χ2v) is 8.64. The first-order valence-corrected chi connectivity index (χ1v) is 11.3. The van der Waals surface area contributed by atoms with E-state index in [0.29, 0.717) is 27.8 Å². The molecule has 1 heterocycles. The number of aromatic nitrogens is 1. The van der Waals surface area contributed by atoms with Gasteiger partial charge in [-0.1, -0.05) is 53.5 Å². The van der Waals surface area contributed by atoms with Gasteiger partial charge in [-0.3, -0.25) is 9.59 Å². The van der Waals surface area contributed by atoms with Crippen molar-refractivity contribution in [3.63, 3.8) is 0 Å². The Kier molecular flexibility index (Phi) is 7.01. The standard InChI is InChI=1S/C26H22Cl2N4O2/c1-16-23(14-29-31-26(34)18-6-5-7-21(12-18)30-17(2)33)22-8-3-4-9-25(22)32(16)15-19-10-11-20(27)13-24(19)28/h3-14H,15H2,1-2H3,(H,30,33)(H,31,34)/b29-14-. The highest BCUT2D eigenvalue weighted by atomic mass is 35.5. The molecule has 6 nitrogen and oxygen atoms in total. The number of amides is 2. The molecular weight excluding hydrogens is 471 g/mol. The van der Waals surface area contributed by atoms with E-state index in [1.54, 1.807) is 36.5 Å². The van der Waals surface area contributed by atoms with Crippen LogP contribution >= 0.6 is 23.2 Å². The van der Waals surface area contributed by atoms with E-state index in [1.165, 1.54) is 6.92 Å². The van der Waals surface area contributed by atoms with E-state index in [1.807, 2.05) is 43.3 Å². The van der Waals surface area contributed by atoms with Crippen LogP contribution in [0.5, 0.6) is 0 Å². The van der Waals surface area contributed by atoms with Gasteiger partial charge in [-0.2, -0.15) is 5.10 Å². The number of carbonyl (C=O) groups is 2. The van der Waals surface area contributed by atoms with Crippen molar-refractivity contribution in [3.8, 4) is 0 Å². The maximum Gasteiger partial charge on any atom is 0.271 e. The summed E-state index contributed by atoms with van der Waals surface area (Å²) >= 11 is 12.5. The lowest BCUT2D eigenvalue weighted by atomic mass is 10.1. The molecular formula is C26H22Cl2N4O2. The number of nitrogens with one attached hydrogen (secondary N) is 2. The number of carbonyl (C=O) groups excluding carboxylic acids is 2. The molecule has 0 bridgehead atoms. The fourth-order valence-corrected chi connectivity index (χ4v) is 4.27. The zero-order chi connectivity index (χ0) is 24.2. The summed E-state index contributed by atoms with van der Waals surface area (Å²) in [5, 5.41) is 9.07. The first kappa shape index (κ1) is 23.5. The van der Waals surface area contributed by atoms with Gasteiger partial charge in [0.25, 0.3) is 5.91 Å². The Morgan fingerprint density at radius 2 is 1.82 bits per heavy atom. The topological polar surface area (TPSA) is 75.5 Å². The van der Waals surface area contributed by atoms with Crippen LogP contribution in [-0.2, 0) is 11.3 Å². The number of halogens is 2. The Bertz CT molecular complexity index is 1430. The van der Waals surface area contributed by atoms with Gasteiger partial charge in [-0.25, -0.2) is 5.43 Å². The van der Waals surface area contributed by atoms with Crippen molar-refractivity contribution in [3.05, 3.63) is 99.2 Å². The molecule has 8 heteroatoms. The molecule has 0 aliphatic rings. The van der Waals surface area contributed by atoms with Crippen LogP contribution < -0.4 is 10.7 Å². The van der Waals surface area contributed by atoms with E-state index in [2.05, 4.69) is 20.4 Å². The monoisotopic (exact) mass is 492 g/mol. The number of rotatable bonds is 6. The van der Waals surface area contributed by atoms with Gasteiger partial charge in [0.1, 0.15) is 0 Å². The minimum Gasteiger partial charge on any atom is -0.340 e. The van der Waals surface area contributed by atoms with Crippen LogP contribution in [0.4, 0.5) is 5.69 Å². The summed E-state index contributed by atoms with van der Waals surface area (Å²) in [4.78, 5) is 23.8. The van der Waals surface area contributed by atoms with E-state index in [9.17, 15) is 9.59 Å². The molecule has 0 saturated carbocycles. The number of hydrogen-bond acceptors (Lipinski definition) is 3. The lowest BCUT2D eigenvalue weighted by Gasteiger charge is -2.10. The maximum absolute atomic E-state index is 12.6.